The molecule has 1 N–H and O–H groups in total. The molecule has 0 radical (unpaired) electrons. The van der Waals surface area contributed by atoms with Crippen molar-refractivity contribution in [2.24, 2.45) is 7.05 Å². The normalized spacial score (nSPS) is 10.6. The Bertz CT molecular complexity index is 533. The highest BCUT2D eigenvalue weighted by Gasteiger charge is 2.08. The summed E-state index contributed by atoms with van der Waals surface area (Å²) in [5, 5.41) is 8.19. The van der Waals surface area contributed by atoms with Gasteiger partial charge in [-0.1, -0.05) is 11.6 Å². The van der Waals surface area contributed by atoms with Crippen LogP contribution in [0.4, 0.5) is 5.69 Å². The van der Waals surface area contributed by atoms with Crippen molar-refractivity contribution in [3.8, 4) is 0 Å². The van der Waals surface area contributed by atoms with Crippen LogP contribution in [-0.2, 0) is 13.6 Å². The van der Waals surface area contributed by atoms with Gasteiger partial charge in [-0.25, -0.2) is 4.98 Å². The zero-order valence-corrected chi connectivity index (χ0v) is 10.9. The van der Waals surface area contributed by atoms with Gasteiger partial charge >= 0.3 is 0 Å². The molecule has 0 amide bonds. The van der Waals surface area contributed by atoms with Crippen LogP contribution in [0, 0.1) is 13.8 Å². The highest BCUT2D eigenvalue weighted by molar-refractivity contribution is 6.29. The number of halogens is 1. The second-order valence-electron chi connectivity index (χ2n) is 3.99. The van der Waals surface area contributed by atoms with Crippen LogP contribution < -0.4 is 5.32 Å². The molecule has 4 nitrogen and oxygen atoms in total. The molecule has 0 saturated carbocycles. The lowest BCUT2D eigenvalue weighted by atomic mass is 10.2. The Kier molecular flexibility index (Phi) is 3.33. The molecule has 90 valence electrons. The summed E-state index contributed by atoms with van der Waals surface area (Å²) in [6, 6.07) is 3.70. The minimum atomic E-state index is 0.495. The van der Waals surface area contributed by atoms with E-state index in [0.717, 1.165) is 17.9 Å². The fourth-order valence-corrected chi connectivity index (χ4v) is 1.95. The van der Waals surface area contributed by atoms with Gasteiger partial charge in [-0.3, -0.25) is 4.68 Å². The molecule has 2 rings (SSSR count). The van der Waals surface area contributed by atoms with Gasteiger partial charge in [0.15, 0.2) is 0 Å². The molecule has 0 atom stereocenters. The zero-order valence-electron chi connectivity index (χ0n) is 10.2. The Balaban J connectivity index is 2.12. The topological polar surface area (TPSA) is 42.7 Å². The van der Waals surface area contributed by atoms with Gasteiger partial charge in [0.1, 0.15) is 5.15 Å². The number of hydrogen-bond donors (Lipinski definition) is 1. The van der Waals surface area contributed by atoms with Crippen LogP contribution in [0.5, 0.6) is 0 Å². The van der Waals surface area contributed by atoms with Crippen LogP contribution in [0.3, 0.4) is 0 Å². The summed E-state index contributed by atoms with van der Waals surface area (Å²) in [4.78, 5) is 3.94. The molecule has 2 aromatic rings. The molecule has 0 bridgehead atoms. The third-order valence-electron chi connectivity index (χ3n) is 2.85. The summed E-state index contributed by atoms with van der Waals surface area (Å²) < 4.78 is 1.89. The lowest BCUT2D eigenvalue weighted by Crippen LogP contribution is -2.02. The van der Waals surface area contributed by atoms with Gasteiger partial charge in [0.25, 0.3) is 0 Å². The van der Waals surface area contributed by atoms with Crippen LogP contribution in [0.25, 0.3) is 0 Å². The molecule has 0 aliphatic rings. The van der Waals surface area contributed by atoms with Crippen molar-refractivity contribution in [1.29, 1.82) is 0 Å². The molecule has 5 heteroatoms. The zero-order chi connectivity index (χ0) is 12.4. The maximum absolute atomic E-state index is 5.83. The Hall–Kier alpha value is -1.55. The van der Waals surface area contributed by atoms with Crippen LogP contribution in [0.15, 0.2) is 18.3 Å². The van der Waals surface area contributed by atoms with E-state index in [1.165, 1.54) is 11.3 Å². The van der Waals surface area contributed by atoms with Crippen LogP contribution in [0.2, 0.25) is 5.15 Å². The maximum atomic E-state index is 5.83. The molecular weight excluding hydrogens is 236 g/mol. The van der Waals surface area contributed by atoms with Gasteiger partial charge < -0.3 is 5.32 Å². The van der Waals surface area contributed by atoms with E-state index >= 15 is 0 Å². The largest absolute Gasteiger partial charge is 0.381 e. The molecule has 0 saturated heterocycles. The van der Waals surface area contributed by atoms with Crippen molar-refractivity contribution in [2.45, 2.75) is 20.4 Å². The first-order valence-corrected chi connectivity index (χ1v) is 5.80. The Morgan fingerprint density at radius 2 is 2.18 bits per heavy atom. The van der Waals surface area contributed by atoms with Crippen LogP contribution in [-0.4, -0.2) is 14.8 Å². The highest BCUT2D eigenvalue weighted by atomic mass is 35.5. The molecular formula is C12H15ClN4. The van der Waals surface area contributed by atoms with Crippen molar-refractivity contribution < 1.29 is 0 Å². The fourth-order valence-electron chi connectivity index (χ4n) is 1.78. The minimum absolute atomic E-state index is 0.495. The predicted molar refractivity (Wildman–Crippen MR) is 69.3 cm³/mol. The Labute approximate surface area is 106 Å². The number of nitrogens with zero attached hydrogens (tertiary/aromatic N) is 3. The summed E-state index contributed by atoms with van der Waals surface area (Å²) in [5.41, 5.74) is 4.42. The Morgan fingerprint density at radius 1 is 1.41 bits per heavy atom. The van der Waals surface area contributed by atoms with E-state index in [-0.39, 0.29) is 0 Å². The molecule has 17 heavy (non-hydrogen) atoms. The summed E-state index contributed by atoms with van der Waals surface area (Å²) in [6.07, 6.45) is 1.69. The number of pyridine rings is 1. The lowest BCUT2D eigenvalue weighted by Gasteiger charge is -2.06. The van der Waals surface area contributed by atoms with E-state index in [0.29, 0.717) is 5.15 Å². The molecule has 0 aromatic carbocycles. The highest BCUT2D eigenvalue weighted by Crippen LogP contribution is 2.16. The van der Waals surface area contributed by atoms with Crippen molar-refractivity contribution in [3.63, 3.8) is 0 Å². The number of aromatic nitrogens is 3. The second-order valence-corrected chi connectivity index (χ2v) is 4.38. The fraction of sp³-hybridized carbons (Fsp3) is 0.333. The maximum Gasteiger partial charge on any atom is 0.131 e. The number of hydrogen-bond acceptors (Lipinski definition) is 3. The minimum Gasteiger partial charge on any atom is -0.381 e. The standard InChI is InChI=1S/C12H15ClN4/c1-8-11(9(2)17(3)16-8)7-15-10-4-5-14-12(13)6-10/h4-6H,7H2,1-3H3,(H,14,15). The van der Waals surface area contributed by atoms with Crippen molar-refractivity contribution >= 4 is 17.3 Å². The lowest BCUT2D eigenvalue weighted by molar-refractivity contribution is 0.730. The van der Waals surface area contributed by atoms with E-state index in [2.05, 4.69) is 22.3 Å². The van der Waals surface area contributed by atoms with Gasteiger partial charge in [0, 0.05) is 36.7 Å². The van der Waals surface area contributed by atoms with Gasteiger partial charge in [0.05, 0.1) is 5.69 Å². The Morgan fingerprint density at radius 3 is 2.76 bits per heavy atom. The van der Waals surface area contributed by atoms with Crippen molar-refractivity contribution in [2.75, 3.05) is 5.32 Å². The van der Waals surface area contributed by atoms with Gasteiger partial charge in [-0.05, 0) is 26.0 Å². The molecule has 0 aliphatic heterocycles. The monoisotopic (exact) mass is 250 g/mol. The van der Waals surface area contributed by atoms with E-state index < -0.39 is 0 Å². The summed E-state index contributed by atoms with van der Waals surface area (Å²) in [6.45, 7) is 4.83. The smallest absolute Gasteiger partial charge is 0.131 e. The van der Waals surface area contributed by atoms with Crippen molar-refractivity contribution in [3.05, 3.63) is 40.4 Å². The van der Waals surface area contributed by atoms with Gasteiger partial charge in [-0.15, -0.1) is 0 Å². The molecule has 0 spiro atoms. The quantitative estimate of drug-likeness (QED) is 0.852. The second kappa shape index (κ2) is 4.75. The van der Waals surface area contributed by atoms with Gasteiger partial charge in [0.2, 0.25) is 0 Å². The molecule has 0 fully saturated rings. The number of anilines is 1. The van der Waals surface area contributed by atoms with Crippen LogP contribution >= 0.6 is 11.6 Å². The first-order chi connectivity index (χ1) is 8.08. The molecule has 2 aromatic heterocycles. The molecule has 0 aliphatic carbocycles. The number of nitrogens with one attached hydrogen (secondary N) is 1. The van der Waals surface area contributed by atoms with E-state index in [4.69, 9.17) is 11.6 Å². The third-order valence-corrected chi connectivity index (χ3v) is 3.06. The summed E-state index contributed by atoms with van der Waals surface area (Å²) in [7, 11) is 1.95. The summed E-state index contributed by atoms with van der Waals surface area (Å²) in [5.74, 6) is 0. The number of aryl methyl sites for hydroxylation is 2. The van der Waals surface area contributed by atoms with E-state index in [9.17, 15) is 0 Å². The molecule has 0 unspecified atom stereocenters. The first kappa shape index (κ1) is 11.9. The first-order valence-electron chi connectivity index (χ1n) is 5.42. The van der Waals surface area contributed by atoms with Crippen molar-refractivity contribution in [1.82, 2.24) is 14.8 Å². The average molecular weight is 251 g/mol. The average Bonchev–Trinajstić information content (AvgIpc) is 2.51. The van der Waals surface area contributed by atoms with E-state index in [1.54, 1.807) is 6.20 Å². The number of rotatable bonds is 3. The predicted octanol–water partition coefficient (Wildman–Crippen LogP) is 2.70. The molecule has 2 heterocycles. The third kappa shape index (κ3) is 2.58. The summed E-state index contributed by atoms with van der Waals surface area (Å²) >= 11 is 5.83. The SMILES string of the molecule is Cc1nn(C)c(C)c1CNc1ccnc(Cl)c1. The van der Waals surface area contributed by atoms with Crippen LogP contribution in [0.1, 0.15) is 17.0 Å². The van der Waals surface area contributed by atoms with Gasteiger partial charge in [-0.2, -0.15) is 5.10 Å². The van der Waals surface area contributed by atoms with E-state index in [1.807, 2.05) is 30.8 Å².